The van der Waals surface area contributed by atoms with Crippen LogP contribution in [0.4, 0.5) is 0 Å². The van der Waals surface area contributed by atoms with Crippen molar-refractivity contribution >= 4 is 0 Å². The molecule has 1 aromatic rings. The zero-order valence-electron chi connectivity index (χ0n) is 11.6. The highest BCUT2D eigenvalue weighted by molar-refractivity contribution is 5.35. The van der Waals surface area contributed by atoms with Gasteiger partial charge in [0.25, 0.3) is 0 Å². The van der Waals surface area contributed by atoms with Crippen LogP contribution in [-0.2, 0) is 11.2 Å². The van der Waals surface area contributed by atoms with Crippen molar-refractivity contribution in [1.29, 1.82) is 0 Å². The van der Waals surface area contributed by atoms with Crippen molar-refractivity contribution in [3.05, 3.63) is 35.4 Å². The number of hydrogen-bond acceptors (Lipinski definition) is 2. The van der Waals surface area contributed by atoms with E-state index < -0.39 is 0 Å². The second-order valence-corrected chi connectivity index (χ2v) is 5.77. The molecule has 18 heavy (non-hydrogen) atoms. The van der Waals surface area contributed by atoms with E-state index in [1.54, 1.807) is 0 Å². The van der Waals surface area contributed by atoms with Crippen LogP contribution in [0.15, 0.2) is 24.3 Å². The van der Waals surface area contributed by atoms with Crippen molar-refractivity contribution in [2.75, 3.05) is 13.2 Å². The summed E-state index contributed by atoms with van der Waals surface area (Å²) < 4.78 is 5.70. The van der Waals surface area contributed by atoms with Gasteiger partial charge in [0, 0.05) is 19.3 Å². The Balaban J connectivity index is 1.73. The van der Waals surface area contributed by atoms with Crippen LogP contribution in [0.1, 0.15) is 43.9 Å². The van der Waals surface area contributed by atoms with E-state index in [0.29, 0.717) is 5.92 Å². The molecule has 0 saturated carbocycles. The average Bonchev–Trinajstić information content (AvgIpc) is 2.66. The van der Waals surface area contributed by atoms with Gasteiger partial charge < -0.3 is 10.5 Å². The molecule has 2 rings (SSSR count). The Labute approximate surface area is 111 Å². The van der Waals surface area contributed by atoms with Crippen molar-refractivity contribution in [2.24, 2.45) is 17.6 Å². The molecule has 0 aromatic heterocycles. The van der Waals surface area contributed by atoms with Crippen LogP contribution in [0.5, 0.6) is 0 Å². The lowest BCUT2D eigenvalue weighted by atomic mass is 9.98. The molecule has 0 amide bonds. The van der Waals surface area contributed by atoms with Gasteiger partial charge in [-0.3, -0.25) is 0 Å². The summed E-state index contributed by atoms with van der Waals surface area (Å²) in [7, 11) is 0. The van der Waals surface area contributed by atoms with Crippen LogP contribution >= 0.6 is 0 Å². The Morgan fingerprint density at radius 2 is 2.06 bits per heavy atom. The van der Waals surface area contributed by atoms with Crippen LogP contribution in [0, 0.1) is 11.8 Å². The summed E-state index contributed by atoms with van der Waals surface area (Å²) in [5.41, 5.74) is 9.06. The standard InChI is InChI=1S/C16H25NO/c1-12(2)7-9-18-10-8-14-11-13-5-3-4-6-15(13)16(14)17/h3-6,12,14,16H,7-11,17H2,1-2H3. The van der Waals surface area contributed by atoms with Crippen molar-refractivity contribution in [2.45, 2.75) is 39.2 Å². The van der Waals surface area contributed by atoms with Gasteiger partial charge in [0.1, 0.15) is 0 Å². The Morgan fingerprint density at radius 1 is 1.28 bits per heavy atom. The van der Waals surface area contributed by atoms with Gasteiger partial charge in [0.15, 0.2) is 0 Å². The van der Waals surface area contributed by atoms with E-state index in [4.69, 9.17) is 10.5 Å². The van der Waals surface area contributed by atoms with E-state index in [9.17, 15) is 0 Å². The van der Waals surface area contributed by atoms with Gasteiger partial charge in [-0.2, -0.15) is 0 Å². The van der Waals surface area contributed by atoms with Crippen LogP contribution in [-0.4, -0.2) is 13.2 Å². The molecule has 1 aliphatic rings. The largest absolute Gasteiger partial charge is 0.381 e. The van der Waals surface area contributed by atoms with Crippen LogP contribution in [0.2, 0.25) is 0 Å². The average molecular weight is 247 g/mol. The minimum Gasteiger partial charge on any atom is -0.381 e. The summed E-state index contributed by atoms with van der Waals surface area (Å²) in [5, 5.41) is 0. The van der Waals surface area contributed by atoms with E-state index in [2.05, 4.69) is 38.1 Å². The third kappa shape index (κ3) is 3.33. The molecule has 1 aliphatic carbocycles. The van der Waals surface area contributed by atoms with Gasteiger partial charge in [0.05, 0.1) is 0 Å². The zero-order chi connectivity index (χ0) is 13.0. The Bertz CT molecular complexity index is 375. The maximum absolute atomic E-state index is 6.30. The molecule has 0 saturated heterocycles. The highest BCUT2D eigenvalue weighted by Gasteiger charge is 2.28. The van der Waals surface area contributed by atoms with Gasteiger partial charge in [-0.15, -0.1) is 0 Å². The van der Waals surface area contributed by atoms with Gasteiger partial charge in [0.2, 0.25) is 0 Å². The monoisotopic (exact) mass is 247 g/mol. The molecule has 0 fully saturated rings. The van der Waals surface area contributed by atoms with Crippen molar-refractivity contribution < 1.29 is 4.74 Å². The maximum atomic E-state index is 6.30. The predicted molar refractivity (Wildman–Crippen MR) is 75.5 cm³/mol. The van der Waals surface area contributed by atoms with E-state index >= 15 is 0 Å². The number of benzene rings is 1. The highest BCUT2D eigenvalue weighted by Crippen LogP contribution is 2.35. The second-order valence-electron chi connectivity index (χ2n) is 5.77. The Morgan fingerprint density at radius 3 is 2.78 bits per heavy atom. The van der Waals surface area contributed by atoms with Crippen molar-refractivity contribution in [3.63, 3.8) is 0 Å². The van der Waals surface area contributed by atoms with E-state index in [0.717, 1.165) is 38.4 Å². The summed E-state index contributed by atoms with van der Waals surface area (Å²) in [4.78, 5) is 0. The molecule has 2 heteroatoms. The lowest BCUT2D eigenvalue weighted by Crippen LogP contribution is -2.18. The molecule has 0 bridgehead atoms. The normalized spacial score (nSPS) is 22.4. The van der Waals surface area contributed by atoms with Gasteiger partial charge in [-0.25, -0.2) is 0 Å². The fourth-order valence-electron chi connectivity index (χ4n) is 2.65. The molecule has 0 aliphatic heterocycles. The van der Waals surface area contributed by atoms with E-state index in [-0.39, 0.29) is 6.04 Å². The quantitative estimate of drug-likeness (QED) is 0.783. The summed E-state index contributed by atoms with van der Waals surface area (Å²) >= 11 is 0. The number of hydrogen-bond donors (Lipinski definition) is 1. The molecule has 2 unspecified atom stereocenters. The molecule has 0 radical (unpaired) electrons. The first-order valence-corrected chi connectivity index (χ1v) is 7.09. The molecule has 2 nitrogen and oxygen atoms in total. The summed E-state index contributed by atoms with van der Waals surface area (Å²) in [6, 6.07) is 8.76. The van der Waals surface area contributed by atoms with E-state index in [1.807, 2.05) is 0 Å². The third-order valence-electron chi connectivity index (χ3n) is 3.88. The first-order valence-electron chi connectivity index (χ1n) is 7.09. The van der Waals surface area contributed by atoms with Gasteiger partial charge in [-0.05, 0) is 42.2 Å². The van der Waals surface area contributed by atoms with Gasteiger partial charge in [-0.1, -0.05) is 38.1 Å². The molecular formula is C16H25NO. The molecular weight excluding hydrogens is 222 g/mol. The lowest BCUT2D eigenvalue weighted by molar-refractivity contribution is 0.108. The van der Waals surface area contributed by atoms with Crippen LogP contribution < -0.4 is 5.73 Å². The molecule has 2 N–H and O–H groups in total. The topological polar surface area (TPSA) is 35.2 Å². The first-order chi connectivity index (χ1) is 8.68. The fraction of sp³-hybridized carbons (Fsp3) is 0.625. The number of nitrogens with two attached hydrogens (primary N) is 1. The smallest absolute Gasteiger partial charge is 0.0469 e. The molecule has 100 valence electrons. The summed E-state index contributed by atoms with van der Waals surface area (Å²) in [6.07, 6.45) is 3.34. The van der Waals surface area contributed by atoms with Crippen molar-refractivity contribution in [1.82, 2.24) is 0 Å². The van der Waals surface area contributed by atoms with Gasteiger partial charge >= 0.3 is 0 Å². The second kappa shape index (κ2) is 6.35. The Kier molecular flexibility index (Phi) is 4.79. The minimum atomic E-state index is 0.204. The van der Waals surface area contributed by atoms with E-state index in [1.165, 1.54) is 11.1 Å². The summed E-state index contributed by atoms with van der Waals surface area (Å²) in [6.45, 7) is 6.19. The number of rotatable bonds is 6. The predicted octanol–water partition coefficient (Wildman–Crippen LogP) is 3.31. The molecule has 1 aromatic carbocycles. The maximum Gasteiger partial charge on any atom is 0.0469 e. The highest BCUT2D eigenvalue weighted by atomic mass is 16.5. The molecule has 0 heterocycles. The molecule has 2 atom stereocenters. The van der Waals surface area contributed by atoms with Crippen LogP contribution in [0.3, 0.4) is 0 Å². The fourth-order valence-corrected chi connectivity index (χ4v) is 2.65. The van der Waals surface area contributed by atoms with Crippen molar-refractivity contribution in [3.8, 4) is 0 Å². The molecule has 0 spiro atoms. The minimum absolute atomic E-state index is 0.204. The first kappa shape index (κ1) is 13.6. The number of fused-ring (bicyclic) bond motifs is 1. The SMILES string of the molecule is CC(C)CCOCCC1Cc2ccccc2C1N. The lowest BCUT2D eigenvalue weighted by Gasteiger charge is -2.16. The third-order valence-corrected chi connectivity index (χ3v) is 3.88. The van der Waals surface area contributed by atoms with Crippen LogP contribution in [0.25, 0.3) is 0 Å². The Hall–Kier alpha value is -0.860. The summed E-state index contributed by atoms with van der Waals surface area (Å²) in [5.74, 6) is 1.28. The zero-order valence-corrected chi connectivity index (χ0v) is 11.6. The number of ether oxygens (including phenoxy) is 1.